The summed E-state index contributed by atoms with van der Waals surface area (Å²) < 4.78 is 26.7. The first-order chi connectivity index (χ1) is 11.3. The third-order valence-electron chi connectivity index (χ3n) is 3.56. The van der Waals surface area contributed by atoms with Crippen LogP contribution < -0.4 is 9.62 Å². The molecule has 0 saturated heterocycles. The van der Waals surface area contributed by atoms with Crippen LogP contribution in [0.25, 0.3) is 0 Å². The zero-order valence-corrected chi connectivity index (χ0v) is 14.9. The molecule has 2 aromatic carbocycles. The number of benzene rings is 2. The summed E-state index contributed by atoms with van der Waals surface area (Å²) in [6.45, 7) is 4.53. The third kappa shape index (κ3) is 3.94. The molecule has 0 aliphatic heterocycles. The number of carbonyl (C=O) groups excluding carboxylic acids is 1. The zero-order valence-electron chi connectivity index (χ0n) is 14.1. The van der Waals surface area contributed by atoms with Crippen molar-refractivity contribution < 1.29 is 13.2 Å². The fourth-order valence-corrected chi connectivity index (χ4v) is 3.45. The number of para-hydroxylation sites is 1. The zero-order chi connectivity index (χ0) is 17.7. The first kappa shape index (κ1) is 18.0. The van der Waals surface area contributed by atoms with Gasteiger partial charge in [0.2, 0.25) is 0 Å². The molecule has 0 unspecified atom stereocenters. The Kier molecular flexibility index (Phi) is 5.62. The topological polar surface area (TPSA) is 66.5 Å². The van der Waals surface area contributed by atoms with Crippen molar-refractivity contribution in [3.63, 3.8) is 0 Å². The van der Waals surface area contributed by atoms with Crippen LogP contribution in [-0.4, -0.2) is 27.9 Å². The van der Waals surface area contributed by atoms with E-state index in [9.17, 15) is 13.2 Å². The average Bonchev–Trinajstić information content (AvgIpc) is 2.59. The van der Waals surface area contributed by atoms with Crippen LogP contribution in [0.3, 0.4) is 0 Å². The number of sulfonamides is 1. The van der Waals surface area contributed by atoms with Gasteiger partial charge in [-0.2, -0.15) is 0 Å². The van der Waals surface area contributed by atoms with Crippen molar-refractivity contribution in [2.75, 3.05) is 17.9 Å². The standard InChI is InChI=1S/C18H22N2O3S/c1-14(2)13-19-18(21)16-11-7-8-12-17(16)20(3)24(22,23)15-9-5-4-6-10-15/h4-12,14H,13H2,1-3H3,(H,19,21). The van der Waals surface area contributed by atoms with E-state index >= 15 is 0 Å². The highest BCUT2D eigenvalue weighted by Crippen LogP contribution is 2.25. The molecule has 0 saturated carbocycles. The lowest BCUT2D eigenvalue weighted by Gasteiger charge is -2.22. The molecule has 0 aromatic heterocycles. The molecule has 128 valence electrons. The Hall–Kier alpha value is -2.34. The van der Waals surface area contributed by atoms with Gasteiger partial charge in [0.15, 0.2) is 0 Å². The molecule has 6 heteroatoms. The van der Waals surface area contributed by atoms with Crippen LogP contribution in [0, 0.1) is 5.92 Å². The van der Waals surface area contributed by atoms with Gasteiger partial charge in [0.05, 0.1) is 16.1 Å². The van der Waals surface area contributed by atoms with E-state index in [0.29, 0.717) is 23.7 Å². The molecule has 0 heterocycles. The maximum atomic E-state index is 12.8. The number of nitrogens with zero attached hydrogens (tertiary/aromatic N) is 1. The van der Waals surface area contributed by atoms with Crippen LogP contribution in [-0.2, 0) is 10.0 Å². The molecular formula is C18H22N2O3S. The summed E-state index contributed by atoms with van der Waals surface area (Å²) in [5.41, 5.74) is 0.683. The van der Waals surface area contributed by atoms with E-state index in [-0.39, 0.29) is 10.8 Å². The van der Waals surface area contributed by atoms with Crippen LogP contribution in [0.5, 0.6) is 0 Å². The summed E-state index contributed by atoms with van der Waals surface area (Å²) in [6.07, 6.45) is 0. The number of nitrogens with one attached hydrogen (secondary N) is 1. The molecule has 24 heavy (non-hydrogen) atoms. The number of rotatable bonds is 6. The SMILES string of the molecule is CC(C)CNC(=O)c1ccccc1N(C)S(=O)(=O)c1ccccc1. The first-order valence-corrected chi connectivity index (χ1v) is 9.19. The molecule has 0 fully saturated rings. The molecule has 2 rings (SSSR count). The minimum absolute atomic E-state index is 0.185. The minimum atomic E-state index is -3.73. The van der Waals surface area contributed by atoms with Crippen LogP contribution >= 0.6 is 0 Å². The fraction of sp³-hybridized carbons (Fsp3) is 0.278. The summed E-state index contributed by atoms with van der Waals surface area (Å²) in [5.74, 6) is 0.0290. The van der Waals surface area contributed by atoms with E-state index in [0.717, 1.165) is 4.31 Å². The van der Waals surface area contributed by atoms with E-state index in [2.05, 4.69) is 5.32 Å². The minimum Gasteiger partial charge on any atom is -0.352 e. The quantitative estimate of drug-likeness (QED) is 0.874. The van der Waals surface area contributed by atoms with Gasteiger partial charge < -0.3 is 5.32 Å². The van der Waals surface area contributed by atoms with Crippen molar-refractivity contribution in [1.82, 2.24) is 5.32 Å². The van der Waals surface area contributed by atoms with Crippen molar-refractivity contribution in [3.8, 4) is 0 Å². The molecular weight excluding hydrogens is 324 g/mol. The largest absolute Gasteiger partial charge is 0.352 e. The number of carbonyl (C=O) groups is 1. The second-order valence-electron chi connectivity index (χ2n) is 5.91. The summed E-state index contributed by atoms with van der Waals surface area (Å²) in [4.78, 5) is 12.6. The van der Waals surface area contributed by atoms with Gasteiger partial charge in [-0.1, -0.05) is 44.2 Å². The molecule has 0 radical (unpaired) electrons. The van der Waals surface area contributed by atoms with Crippen LogP contribution in [0.15, 0.2) is 59.5 Å². The maximum absolute atomic E-state index is 12.8. The monoisotopic (exact) mass is 346 g/mol. The lowest BCUT2D eigenvalue weighted by Crippen LogP contribution is -2.32. The molecule has 0 spiro atoms. The highest BCUT2D eigenvalue weighted by molar-refractivity contribution is 7.92. The van der Waals surface area contributed by atoms with Gasteiger partial charge in [-0.25, -0.2) is 8.42 Å². The Labute approximate surface area is 143 Å². The lowest BCUT2D eigenvalue weighted by atomic mass is 10.1. The smallest absolute Gasteiger partial charge is 0.264 e. The van der Waals surface area contributed by atoms with E-state index in [1.54, 1.807) is 42.5 Å². The predicted octanol–water partition coefficient (Wildman–Crippen LogP) is 2.90. The number of amides is 1. The molecule has 0 atom stereocenters. The van der Waals surface area contributed by atoms with Gasteiger partial charge in [0.25, 0.3) is 15.9 Å². The van der Waals surface area contributed by atoms with E-state index in [1.165, 1.54) is 19.2 Å². The van der Waals surface area contributed by atoms with Crippen LogP contribution in [0.4, 0.5) is 5.69 Å². The lowest BCUT2D eigenvalue weighted by molar-refractivity contribution is 0.0949. The molecule has 2 aromatic rings. The summed E-state index contributed by atoms with van der Waals surface area (Å²) in [7, 11) is -2.27. The third-order valence-corrected chi connectivity index (χ3v) is 5.35. The number of hydrogen-bond acceptors (Lipinski definition) is 3. The number of hydrogen-bond donors (Lipinski definition) is 1. The van der Waals surface area contributed by atoms with Crippen molar-refractivity contribution in [1.29, 1.82) is 0 Å². The first-order valence-electron chi connectivity index (χ1n) is 7.75. The van der Waals surface area contributed by atoms with Gasteiger partial charge in [-0.15, -0.1) is 0 Å². The highest BCUT2D eigenvalue weighted by atomic mass is 32.2. The average molecular weight is 346 g/mol. The Morgan fingerprint density at radius 2 is 1.62 bits per heavy atom. The molecule has 0 aliphatic carbocycles. The molecule has 0 bridgehead atoms. The van der Waals surface area contributed by atoms with Gasteiger partial charge in [-0.05, 0) is 30.2 Å². The Balaban J connectivity index is 2.37. The summed E-state index contributed by atoms with van der Waals surface area (Å²) in [5, 5.41) is 2.82. The predicted molar refractivity (Wildman–Crippen MR) is 95.6 cm³/mol. The van der Waals surface area contributed by atoms with Gasteiger partial charge in [0.1, 0.15) is 0 Å². The van der Waals surface area contributed by atoms with Crippen LogP contribution in [0.1, 0.15) is 24.2 Å². The maximum Gasteiger partial charge on any atom is 0.264 e. The normalized spacial score (nSPS) is 11.3. The van der Waals surface area contributed by atoms with Crippen molar-refractivity contribution in [2.45, 2.75) is 18.7 Å². The molecule has 0 aliphatic rings. The summed E-state index contributed by atoms with van der Waals surface area (Å²) in [6, 6.07) is 14.9. The highest BCUT2D eigenvalue weighted by Gasteiger charge is 2.24. The van der Waals surface area contributed by atoms with Crippen molar-refractivity contribution in [2.24, 2.45) is 5.92 Å². The van der Waals surface area contributed by atoms with Gasteiger partial charge in [-0.3, -0.25) is 9.10 Å². The fourth-order valence-electron chi connectivity index (χ4n) is 2.21. The van der Waals surface area contributed by atoms with E-state index in [1.807, 2.05) is 13.8 Å². The Morgan fingerprint density at radius 3 is 2.25 bits per heavy atom. The second-order valence-corrected chi connectivity index (χ2v) is 7.88. The van der Waals surface area contributed by atoms with Crippen molar-refractivity contribution in [3.05, 3.63) is 60.2 Å². The van der Waals surface area contributed by atoms with Crippen LogP contribution in [0.2, 0.25) is 0 Å². The summed E-state index contributed by atoms with van der Waals surface area (Å²) >= 11 is 0. The van der Waals surface area contributed by atoms with Gasteiger partial charge in [0, 0.05) is 13.6 Å². The Morgan fingerprint density at radius 1 is 1.04 bits per heavy atom. The van der Waals surface area contributed by atoms with E-state index in [4.69, 9.17) is 0 Å². The Bertz CT molecular complexity index is 802. The van der Waals surface area contributed by atoms with Gasteiger partial charge >= 0.3 is 0 Å². The molecule has 5 nitrogen and oxygen atoms in total. The van der Waals surface area contributed by atoms with E-state index < -0.39 is 10.0 Å². The molecule has 1 N–H and O–H groups in total. The second kappa shape index (κ2) is 7.49. The number of anilines is 1. The molecule has 1 amide bonds. The van der Waals surface area contributed by atoms with Crippen molar-refractivity contribution >= 4 is 21.6 Å².